The first kappa shape index (κ1) is 14.1. The third-order valence-corrected chi connectivity index (χ3v) is 4.37. The molecule has 0 aliphatic rings. The monoisotopic (exact) mass is 302 g/mol. The van der Waals surface area contributed by atoms with E-state index in [1.54, 1.807) is 23.5 Å². The lowest BCUT2D eigenvalue weighted by Crippen LogP contribution is -2.32. The van der Waals surface area contributed by atoms with Crippen LogP contribution in [0.25, 0.3) is 21.2 Å². The number of aromatic hydroxyl groups is 1. The van der Waals surface area contributed by atoms with E-state index in [4.69, 9.17) is 0 Å². The number of halogens is 1. The number of hydrogen-bond donors (Lipinski definition) is 3. The summed E-state index contributed by atoms with van der Waals surface area (Å²) in [5, 5.41) is 29.4. The SMILES string of the molecule is Cc1cc2cc(-c3cccc(B(O)O)c3F)c(O)cc2s1. The van der Waals surface area contributed by atoms with Crippen molar-refractivity contribution < 1.29 is 19.5 Å². The summed E-state index contributed by atoms with van der Waals surface area (Å²) in [6, 6.07) is 9.60. The first-order valence-corrected chi connectivity index (χ1v) is 7.17. The van der Waals surface area contributed by atoms with Gasteiger partial charge in [-0.25, -0.2) is 4.39 Å². The topological polar surface area (TPSA) is 60.7 Å². The van der Waals surface area contributed by atoms with Crippen molar-refractivity contribution in [2.75, 3.05) is 0 Å². The lowest BCUT2D eigenvalue weighted by molar-refractivity contribution is 0.423. The third-order valence-electron chi connectivity index (χ3n) is 3.35. The van der Waals surface area contributed by atoms with E-state index in [-0.39, 0.29) is 16.8 Å². The molecule has 0 radical (unpaired) electrons. The second kappa shape index (κ2) is 5.14. The van der Waals surface area contributed by atoms with Crippen LogP contribution in [0.15, 0.2) is 36.4 Å². The van der Waals surface area contributed by atoms with Crippen molar-refractivity contribution in [3.63, 3.8) is 0 Å². The summed E-state index contributed by atoms with van der Waals surface area (Å²) < 4.78 is 15.3. The van der Waals surface area contributed by atoms with Gasteiger partial charge >= 0.3 is 7.12 Å². The molecule has 0 saturated heterocycles. The van der Waals surface area contributed by atoms with Crippen molar-refractivity contribution in [1.82, 2.24) is 0 Å². The van der Waals surface area contributed by atoms with Crippen LogP contribution >= 0.6 is 11.3 Å². The molecule has 0 bridgehead atoms. The zero-order valence-electron chi connectivity index (χ0n) is 11.2. The maximum Gasteiger partial charge on any atom is 0.491 e. The van der Waals surface area contributed by atoms with Crippen LogP contribution in [0.1, 0.15) is 4.88 Å². The molecule has 3 nitrogen and oxygen atoms in total. The number of fused-ring (bicyclic) bond motifs is 1. The predicted octanol–water partition coefficient (Wildman–Crippen LogP) is 2.40. The Kier molecular flexibility index (Phi) is 3.45. The lowest BCUT2D eigenvalue weighted by atomic mass is 9.78. The van der Waals surface area contributed by atoms with Gasteiger partial charge in [0.05, 0.1) is 0 Å². The molecule has 0 fully saturated rings. The van der Waals surface area contributed by atoms with Gasteiger partial charge in [0.15, 0.2) is 0 Å². The van der Waals surface area contributed by atoms with Crippen LogP contribution in [0.2, 0.25) is 0 Å². The second-order valence-electron chi connectivity index (χ2n) is 4.85. The molecule has 3 N–H and O–H groups in total. The van der Waals surface area contributed by atoms with E-state index in [2.05, 4.69) is 0 Å². The van der Waals surface area contributed by atoms with Gasteiger partial charge in [0.25, 0.3) is 0 Å². The zero-order valence-corrected chi connectivity index (χ0v) is 12.0. The molecule has 0 aliphatic carbocycles. The minimum atomic E-state index is -1.89. The van der Waals surface area contributed by atoms with Gasteiger partial charge in [0.1, 0.15) is 11.6 Å². The van der Waals surface area contributed by atoms with E-state index in [1.807, 2.05) is 13.0 Å². The van der Waals surface area contributed by atoms with Crippen LogP contribution in [-0.2, 0) is 0 Å². The molecule has 1 heterocycles. The molecule has 21 heavy (non-hydrogen) atoms. The highest BCUT2D eigenvalue weighted by Crippen LogP contribution is 2.37. The number of hydrogen-bond acceptors (Lipinski definition) is 4. The number of aryl methyl sites for hydroxylation is 1. The Morgan fingerprint density at radius 3 is 2.57 bits per heavy atom. The van der Waals surface area contributed by atoms with Crippen molar-refractivity contribution in [2.24, 2.45) is 0 Å². The first-order chi connectivity index (χ1) is 9.97. The zero-order chi connectivity index (χ0) is 15.1. The summed E-state index contributed by atoms with van der Waals surface area (Å²) in [4.78, 5) is 1.10. The fraction of sp³-hybridized carbons (Fsp3) is 0.0667. The van der Waals surface area contributed by atoms with Crippen LogP contribution < -0.4 is 5.46 Å². The molecule has 3 rings (SSSR count). The molecule has 0 saturated carbocycles. The summed E-state index contributed by atoms with van der Waals surface area (Å²) in [6.45, 7) is 1.96. The smallest absolute Gasteiger partial charge is 0.491 e. The Morgan fingerprint density at radius 2 is 1.86 bits per heavy atom. The van der Waals surface area contributed by atoms with Gasteiger partial charge in [-0.05, 0) is 30.5 Å². The standard InChI is InChI=1S/C15H12BFO3S/c1-8-5-9-6-11(13(18)7-14(9)21-8)10-3-2-4-12(15(10)17)16(19)20/h2-7,18-20H,1H3. The fourth-order valence-corrected chi connectivity index (χ4v) is 3.32. The van der Waals surface area contributed by atoms with Gasteiger partial charge in [-0.2, -0.15) is 0 Å². The van der Waals surface area contributed by atoms with E-state index in [0.717, 1.165) is 15.0 Å². The van der Waals surface area contributed by atoms with Gasteiger partial charge in [-0.15, -0.1) is 11.3 Å². The van der Waals surface area contributed by atoms with Crippen molar-refractivity contribution >= 4 is 34.0 Å². The Morgan fingerprint density at radius 1 is 1.10 bits per heavy atom. The van der Waals surface area contributed by atoms with E-state index < -0.39 is 12.9 Å². The van der Waals surface area contributed by atoms with Crippen molar-refractivity contribution in [3.8, 4) is 16.9 Å². The van der Waals surface area contributed by atoms with Gasteiger partial charge in [0, 0.05) is 26.2 Å². The minimum absolute atomic E-state index is 0.0344. The van der Waals surface area contributed by atoms with Gasteiger partial charge in [-0.1, -0.05) is 18.2 Å². The highest BCUT2D eigenvalue weighted by atomic mass is 32.1. The minimum Gasteiger partial charge on any atom is -0.507 e. The maximum atomic E-state index is 14.4. The molecular formula is C15H12BFO3S. The average Bonchev–Trinajstić information content (AvgIpc) is 2.77. The maximum absolute atomic E-state index is 14.4. The Balaban J connectivity index is 2.24. The first-order valence-electron chi connectivity index (χ1n) is 6.35. The molecule has 1 aromatic heterocycles. The highest BCUT2D eigenvalue weighted by Gasteiger charge is 2.21. The van der Waals surface area contributed by atoms with Crippen LogP contribution in [0.4, 0.5) is 4.39 Å². The summed E-state index contributed by atoms with van der Waals surface area (Å²) in [5.41, 5.74) is 0.262. The highest BCUT2D eigenvalue weighted by molar-refractivity contribution is 7.19. The number of benzene rings is 2. The van der Waals surface area contributed by atoms with Gasteiger partial charge in [0.2, 0.25) is 0 Å². The lowest BCUT2D eigenvalue weighted by Gasteiger charge is -2.10. The number of phenols is 1. The molecule has 0 aliphatic heterocycles. The molecule has 6 heteroatoms. The van der Waals surface area contributed by atoms with E-state index in [9.17, 15) is 19.5 Å². The Labute approximate surface area is 125 Å². The molecule has 0 unspecified atom stereocenters. The largest absolute Gasteiger partial charge is 0.507 e. The summed E-state index contributed by atoms with van der Waals surface area (Å²) in [6.07, 6.45) is 0. The van der Waals surface area contributed by atoms with Crippen molar-refractivity contribution in [3.05, 3.63) is 47.1 Å². The Hall–Kier alpha value is -1.89. The van der Waals surface area contributed by atoms with Crippen molar-refractivity contribution in [2.45, 2.75) is 6.92 Å². The summed E-state index contributed by atoms with van der Waals surface area (Å²) in [5.74, 6) is -0.776. The number of rotatable bonds is 2. The third kappa shape index (κ3) is 2.42. The predicted molar refractivity (Wildman–Crippen MR) is 83.4 cm³/mol. The second-order valence-corrected chi connectivity index (χ2v) is 6.13. The van der Waals surface area contributed by atoms with E-state index in [0.29, 0.717) is 5.56 Å². The van der Waals surface area contributed by atoms with E-state index in [1.165, 1.54) is 18.2 Å². The molecule has 106 valence electrons. The van der Waals surface area contributed by atoms with Crippen molar-refractivity contribution in [1.29, 1.82) is 0 Å². The fourth-order valence-electron chi connectivity index (χ4n) is 2.38. The normalized spacial score (nSPS) is 11.0. The molecule has 3 aromatic rings. The van der Waals surface area contributed by atoms with Gasteiger partial charge in [-0.3, -0.25) is 0 Å². The summed E-state index contributed by atoms with van der Waals surface area (Å²) >= 11 is 1.55. The molecule has 2 aromatic carbocycles. The van der Waals surface area contributed by atoms with Crippen LogP contribution in [0.5, 0.6) is 5.75 Å². The number of phenolic OH excluding ortho intramolecular Hbond substituents is 1. The van der Waals surface area contributed by atoms with Crippen LogP contribution in [0, 0.1) is 12.7 Å². The van der Waals surface area contributed by atoms with E-state index >= 15 is 0 Å². The average molecular weight is 302 g/mol. The molecule has 0 atom stereocenters. The van der Waals surface area contributed by atoms with Crippen LogP contribution in [0.3, 0.4) is 0 Å². The quantitative estimate of drug-likeness (QED) is 0.637. The van der Waals surface area contributed by atoms with Crippen LogP contribution in [-0.4, -0.2) is 22.3 Å². The summed E-state index contributed by atoms with van der Waals surface area (Å²) in [7, 11) is -1.89. The Bertz CT molecular complexity index is 829. The number of thiophene rings is 1. The van der Waals surface area contributed by atoms with Gasteiger partial charge < -0.3 is 15.2 Å². The molecule has 0 spiro atoms. The molecular weight excluding hydrogens is 290 g/mol. The molecule has 0 amide bonds.